The third-order valence-corrected chi connectivity index (χ3v) is 7.06. The van der Waals surface area contributed by atoms with Gasteiger partial charge in [-0.25, -0.2) is 8.78 Å². The van der Waals surface area contributed by atoms with Gasteiger partial charge in [-0.3, -0.25) is 4.98 Å². The molecular weight excluding hydrogens is 416 g/mol. The van der Waals surface area contributed by atoms with Gasteiger partial charge in [0.05, 0.1) is 19.6 Å². The molecule has 1 aliphatic rings. The Morgan fingerprint density at radius 1 is 1.59 bits per heavy atom. The van der Waals surface area contributed by atoms with Crippen molar-refractivity contribution in [1.82, 2.24) is 9.97 Å². The Labute approximate surface area is 176 Å². The number of rotatable bonds is 10. The Bertz CT molecular complexity index is 899. The molecule has 0 saturated heterocycles. The lowest BCUT2D eigenvalue weighted by Crippen LogP contribution is -2.24. The van der Waals surface area contributed by atoms with Gasteiger partial charge in [-0.2, -0.15) is 4.98 Å². The van der Waals surface area contributed by atoms with E-state index in [-0.39, 0.29) is 24.5 Å². The smallest absolute Gasteiger partial charge is 0.256 e. The average Bonchev–Trinajstić information content (AvgIpc) is 3.12. The molecular formula is C20H21F2N3O2S2. The Kier molecular flexibility index (Phi) is 6.77. The van der Waals surface area contributed by atoms with Crippen molar-refractivity contribution in [2.75, 3.05) is 30.1 Å². The minimum absolute atomic E-state index is 0.0183. The van der Waals surface area contributed by atoms with Crippen molar-refractivity contribution in [1.29, 1.82) is 0 Å². The van der Waals surface area contributed by atoms with Gasteiger partial charge >= 0.3 is 0 Å². The molecule has 2 aromatic rings. The van der Waals surface area contributed by atoms with Gasteiger partial charge in [0.1, 0.15) is 16.5 Å². The van der Waals surface area contributed by atoms with Crippen LogP contribution in [-0.4, -0.2) is 45.6 Å². The zero-order valence-electron chi connectivity index (χ0n) is 15.9. The predicted octanol–water partition coefficient (Wildman–Crippen LogP) is 3.96. The van der Waals surface area contributed by atoms with Gasteiger partial charge in [0.15, 0.2) is 5.00 Å². The highest BCUT2D eigenvalue weighted by Gasteiger charge is 2.58. The molecule has 1 saturated carbocycles. The summed E-state index contributed by atoms with van der Waals surface area (Å²) in [6.07, 6.45) is 9.12. The summed E-state index contributed by atoms with van der Waals surface area (Å²) in [6, 6.07) is 3.71. The molecule has 0 radical (unpaired) electrons. The van der Waals surface area contributed by atoms with Crippen molar-refractivity contribution in [3.8, 4) is 28.8 Å². The summed E-state index contributed by atoms with van der Waals surface area (Å²) in [6.45, 7) is 4.29. The number of ether oxygens (including phenoxy) is 1. The number of halogens is 2. The van der Waals surface area contributed by atoms with E-state index in [0.29, 0.717) is 23.0 Å². The van der Waals surface area contributed by atoms with Gasteiger partial charge in [-0.1, -0.05) is 35.0 Å². The SMILES string of the molecule is C#CCN(C(=C)CC[S+]([O-])CC1CC1(F)F)c1sc(-c2cccnc2)nc1OC. The molecule has 9 heteroatoms. The van der Waals surface area contributed by atoms with Crippen molar-refractivity contribution in [2.24, 2.45) is 5.92 Å². The number of methoxy groups -OCH3 is 1. The molecule has 2 aromatic heterocycles. The first kappa shape index (κ1) is 21.6. The summed E-state index contributed by atoms with van der Waals surface area (Å²) in [5.41, 5.74) is 1.48. The minimum Gasteiger partial charge on any atom is -0.616 e. The van der Waals surface area contributed by atoms with Crippen LogP contribution < -0.4 is 9.64 Å². The van der Waals surface area contributed by atoms with E-state index >= 15 is 0 Å². The standard InChI is InChI=1S/C20H21F2N3O2S2/c1-4-9-25(14(2)7-10-29(26)13-16-11-20(16,21)22)19-17(27-3)24-18(28-19)15-6-5-8-23-12-15/h1,5-6,8,12,16H,2,7,9-11,13H2,3H3. The lowest BCUT2D eigenvalue weighted by atomic mass is 10.3. The second kappa shape index (κ2) is 9.11. The van der Waals surface area contributed by atoms with E-state index in [1.54, 1.807) is 17.3 Å². The summed E-state index contributed by atoms with van der Waals surface area (Å²) < 4.78 is 43.6. The van der Waals surface area contributed by atoms with E-state index in [2.05, 4.69) is 22.5 Å². The molecule has 2 unspecified atom stereocenters. The van der Waals surface area contributed by atoms with Gasteiger partial charge < -0.3 is 14.2 Å². The van der Waals surface area contributed by atoms with Crippen LogP contribution in [0, 0.1) is 18.3 Å². The van der Waals surface area contributed by atoms with Crippen LogP contribution in [0.5, 0.6) is 5.88 Å². The van der Waals surface area contributed by atoms with Gasteiger partial charge in [0.25, 0.3) is 5.92 Å². The van der Waals surface area contributed by atoms with E-state index in [4.69, 9.17) is 11.2 Å². The van der Waals surface area contributed by atoms with Crippen molar-refractivity contribution < 1.29 is 18.1 Å². The number of hydrogen-bond acceptors (Lipinski definition) is 6. The number of terminal acetylenes is 1. The van der Waals surface area contributed by atoms with E-state index in [1.165, 1.54) is 18.4 Å². The molecule has 29 heavy (non-hydrogen) atoms. The summed E-state index contributed by atoms with van der Waals surface area (Å²) in [7, 11) is 1.52. The Morgan fingerprint density at radius 2 is 2.34 bits per heavy atom. The van der Waals surface area contributed by atoms with E-state index in [1.807, 2.05) is 12.1 Å². The van der Waals surface area contributed by atoms with Crippen LogP contribution in [0.1, 0.15) is 12.8 Å². The highest BCUT2D eigenvalue weighted by atomic mass is 32.2. The number of hydrogen-bond donors (Lipinski definition) is 0. The quantitative estimate of drug-likeness (QED) is 0.416. The molecule has 0 bridgehead atoms. The molecule has 0 amide bonds. The molecule has 0 N–H and O–H groups in total. The van der Waals surface area contributed by atoms with Crippen molar-refractivity contribution >= 4 is 27.5 Å². The van der Waals surface area contributed by atoms with E-state index in [0.717, 1.165) is 10.6 Å². The summed E-state index contributed by atoms with van der Waals surface area (Å²) >= 11 is 0.0524. The fourth-order valence-corrected chi connectivity index (χ4v) is 5.27. The van der Waals surface area contributed by atoms with Crippen molar-refractivity contribution in [3.05, 3.63) is 36.8 Å². The molecule has 2 atom stereocenters. The van der Waals surface area contributed by atoms with Crippen LogP contribution in [0.15, 0.2) is 36.8 Å². The monoisotopic (exact) mass is 437 g/mol. The molecule has 5 nitrogen and oxygen atoms in total. The fraction of sp³-hybridized carbons (Fsp3) is 0.400. The number of anilines is 1. The zero-order chi connectivity index (χ0) is 21.0. The number of nitrogens with zero attached hydrogens (tertiary/aromatic N) is 3. The average molecular weight is 438 g/mol. The van der Waals surface area contributed by atoms with Crippen molar-refractivity contribution in [2.45, 2.75) is 18.8 Å². The maximum atomic E-state index is 13.0. The molecule has 0 spiro atoms. The number of allylic oxidation sites excluding steroid dienone is 1. The summed E-state index contributed by atoms with van der Waals surface area (Å²) in [5.74, 6) is -0.147. The second-order valence-corrected chi connectivity index (χ2v) is 9.25. The molecule has 1 fully saturated rings. The van der Waals surface area contributed by atoms with Gasteiger partial charge in [-0.15, -0.1) is 6.42 Å². The number of thiazole rings is 1. The molecule has 0 aliphatic heterocycles. The summed E-state index contributed by atoms with van der Waals surface area (Å²) in [5, 5.41) is 1.41. The van der Waals surface area contributed by atoms with Gasteiger partial charge in [0.2, 0.25) is 5.88 Å². The third kappa shape index (κ3) is 5.26. The lowest BCUT2D eigenvalue weighted by molar-refractivity contribution is 0.103. The van der Waals surface area contributed by atoms with Crippen LogP contribution >= 0.6 is 11.3 Å². The van der Waals surface area contributed by atoms with Crippen LogP contribution in [0.4, 0.5) is 13.8 Å². The predicted molar refractivity (Wildman–Crippen MR) is 113 cm³/mol. The highest BCUT2D eigenvalue weighted by Crippen LogP contribution is 2.49. The van der Waals surface area contributed by atoms with Crippen LogP contribution in [0.3, 0.4) is 0 Å². The van der Waals surface area contributed by atoms with Crippen LogP contribution in [0.25, 0.3) is 10.6 Å². The van der Waals surface area contributed by atoms with Gasteiger partial charge in [0, 0.05) is 36.5 Å². The van der Waals surface area contributed by atoms with Crippen LogP contribution in [-0.2, 0) is 11.2 Å². The minimum atomic E-state index is -2.65. The highest BCUT2D eigenvalue weighted by molar-refractivity contribution is 7.91. The zero-order valence-corrected chi connectivity index (χ0v) is 17.6. The van der Waals surface area contributed by atoms with Crippen molar-refractivity contribution in [3.63, 3.8) is 0 Å². The molecule has 2 heterocycles. The normalized spacial score (nSPS) is 18.0. The topological polar surface area (TPSA) is 61.3 Å². The second-order valence-electron chi connectivity index (χ2n) is 6.65. The molecule has 1 aliphatic carbocycles. The first-order valence-corrected chi connectivity index (χ1v) is 11.2. The molecule has 0 aromatic carbocycles. The maximum absolute atomic E-state index is 13.0. The molecule has 3 rings (SSSR count). The Hall–Kier alpha value is -2.15. The number of pyridine rings is 1. The van der Waals surface area contributed by atoms with E-state index in [9.17, 15) is 13.3 Å². The number of alkyl halides is 2. The Balaban J connectivity index is 1.71. The Morgan fingerprint density at radius 3 is 2.93 bits per heavy atom. The maximum Gasteiger partial charge on any atom is 0.256 e. The first-order valence-electron chi connectivity index (χ1n) is 8.92. The first-order chi connectivity index (χ1) is 13.9. The number of aromatic nitrogens is 2. The molecule has 154 valence electrons. The largest absolute Gasteiger partial charge is 0.616 e. The van der Waals surface area contributed by atoms with Crippen LogP contribution in [0.2, 0.25) is 0 Å². The third-order valence-electron chi connectivity index (χ3n) is 4.52. The van der Waals surface area contributed by atoms with Gasteiger partial charge in [-0.05, 0) is 12.1 Å². The fourth-order valence-electron chi connectivity index (χ4n) is 2.76. The van der Waals surface area contributed by atoms with E-state index < -0.39 is 23.0 Å². The lowest BCUT2D eigenvalue weighted by Gasteiger charge is -2.23. The summed E-state index contributed by atoms with van der Waals surface area (Å²) in [4.78, 5) is 10.4.